The van der Waals surface area contributed by atoms with Gasteiger partial charge in [0.25, 0.3) is 0 Å². The summed E-state index contributed by atoms with van der Waals surface area (Å²) in [4.78, 5) is 24.7. The molecule has 20 heavy (non-hydrogen) atoms. The average Bonchev–Trinajstić information content (AvgIpc) is 2.41. The number of rotatable bonds is 4. The van der Waals surface area contributed by atoms with Crippen molar-refractivity contribution in [1.82, 2.24) is 9.47 Å². The summed E-state index contributed by atoms with van der Waals surface area (Å²) < 4.78 is 7.41. The Hall–Kier alpha value is -1.66. The molecule has 110 valence electrons. The molecule has 0 aliphatic carbocycles. The van der Waals surface area contributed by atoms with Gasteiger partial charge in [0.2, 0.25) is 0 Å². The number of hydrogen-bond donors (Lipinski definition) is 1. The van der Waals surface area contributed by atoms with Gasteiger partial charge in [-0.1, -0.05) is 0 Å². The van der Waals surface area contributed by atoms with Gasteiger partial charge in [0.05, 0.1) is 12.7 Å². The van der Waals surface area contributed by atoms with Crippen molar-refractivity contribution < 1.29 is 14.6 Å². The predicted octanol–water partition coefficient (Wildman–Crippen LogP) is 0.656. The molecular weight excluding hydrogens is 260 g/mol. The maximum absolute atomic E-state index is 11.4. The van der Waals surface area contributed by atoms with Crippen LogP contribution in [0.2, 0.25) is 0 Å². The zero-order valence-electron chi connectivity index (χ0n) is 11.8. The first-order valence-electron chi connectivity index (χ1n) is 6.76. The van der Waals surface area contributed by atoms with Gasteiger partial charge in [0, 0.05) is 44.1 Å². The lowest BCUT2D eigenvalue weighted by atomic mass is 10.2. The number of carboxylic acid groups (broad SMARTS) is 1. The number of carbonyl (C=O) groups is 1. The molecule has 1 unspecified atom stereocenters. The minimum absolute atomic E-state index is 0.00953. The Kier molecular flexibility index (Phi) is 4.57. The molecule has 0 spiro atoms. The summed E-state index contributed by atoms with van der Waals surface area (Å²) in [5.41, 5.74) is -0.675. The molecule has 0 aromatic carbocycles. The molecule has 0 bridgehead atoms. The van der Waals surface area contributed by atoms with Crippen LogP contribution in [0.15, 0.2) is 23.3 Å². The minimum Gasteiger partial charge on any atom is -0.477 e. The van der Waals surface area contributed by atoms with Crippen LogP contribution < -0.4 is 5.43 Å². The summed E-state index contributed by atoms with van der Waals surface area (Å²) in [6, 6.07) is 1.75. The second-order valence-electron chi connectivity index (χ2n) is 5.31. The summed E-state index contributed by atoms with van der Waals surface area (Å²) in [5.74, 6) is -1.20. The smallest absolute Gasteiger partial charge is 0.341 e. The Bertz CT molecular complexity index is 538. The fraction of sp³-hybridized carbons (Fsp3) is 0.571. The monoisotopic (exact) mass is 280 g/mol. The van der Waals surface area contributed by atoms with Crippen LogP contribution >= 0.6 is 0 Å². The Morgan fingerprint density at radius 2 is 2.30 bits per heavy atom. The van der Waals surface area contributed by atoms with Crippen molar-refractivity contribution in [3.63, 3.8) is 0 Å². The predicted molar refractivity (Wildman–Crippen MR) is 74.1 cm³/mol. The number of aromatic nitrogens is 1. The highest BCUT2D eigenvalue weighted by atomic mass is 16.5. The second kappa shape index (κ2) is 6.19. The van der Waals surface area contributed by atoms with Gasteiger partial charge in [-0.3, -0.25) is 9.69 Å². The molecule has 1 aliphatic heterocycles. The van der Waals surface area contributed by atoms with Gasteiger partial charge in [0.15, 0.2) is 5.43 Å². The van der Waals surface area contributed by atoms with Crippen molar-refractivity contribution in [3.05, 3.63) is 34.2 Å². The maximum Gasteiger partial charge on any atom is 0.341 e. The molecule has 1 atom stereocenters. The molecule has 1 aromatic heterocycles. The normalized spacial score (nSPS) is 20.2. The molecule has 1 N–H and O–H groups in total. The Morgan fingerprint density at radius 3 is 2.95 bits per heavy atom. The fourth-order valence-corrected chi connectivity index (χ4v) is 2.36. The van der Waals surface area contributed by atoms with Crippen molar-refractivity contribution in [2.24, 2.45) is 0 Å². The molecule has 6 nitrogen and oxygen atoms in total. The topological polar surface area (TPSA) is 71.8 Å². The largest absolute Gasteiger partial charge is 0.477 e. The van der Waals surface area contributed by atoms with Crippen molar-refractivity contribution in [2.75, 3.05) is 19.7 Å². The van der Waals surface area contributed by atoms with Crippen LogP contribution in [0, 0.1) is 0 Å². The number of carboxylic acids is 1. The second-order valence-corrected chi connectivity index (χ2v) is 5.31. The van der Waals surface area contributed by atoms with Gasteiger partial charge >= 0.3 is 5.97 Å². The number of nitrogens with zero attached hydrogens (tertiary/aromatic N) is 2. The summed E-state index contributed by atoms with van der Waals surface area (Å²) in [5, 5.41) is 8.96. The SMILES string of the molecule is CC(C)N1CCOC(Cn2ccc(=O)c(C(=O)O)c2)C1. The van der Waals surface area contributed by atoms with E-state index in [0.717, 1.165) is 13.1 Å². The van der Waals surface area contributed by atoms with E-state index >= 15 is 0 Å². The Balaban J connectivity index is 2.08. The molecular formula is C14H20N2O4. The minimum atomic E-state index is -1.20. The summed E-state index contributed by atoms with van der Waals surface area (Å²) in [6.45, 7) is 7.23. The zero-order valence-corrected chi connectivity index (χ0v) is 11.8. The number of hydrogen-bond acceptors (Lipinski definition) is 4. The van der Waals surface area contributed by atoms with Gasteiger partial charge in [-0.2, -0.15) is 0 Å². The Labute approximate surface area is 117 Å². The van der Waals surface area contributed by atoms with Crippen molar-refractivity contribution in [2.45, 2.75) is 32.5 Å². The lowest BCUT2D eigenvalue weighted by Gasteiger charge is -2.35. The molecule has 1 fully saturated rings. The van der Waals surface area contributed by atoms with Crippen LogP contribution in [0.25, 0.3) is 0 Å². The zero-order chi connectivity index (χ0) is 14.7. The van der Waals surface area contributed by atoms with Crippen LogP contribution in [-0.4, -0.2) is 52.4 Å². The van der Waals surface area contributed by atoms with Gasteiger partial charge in [-0.25, -0.2) is 4.79 Å². The first kappa shape index (κ1) is 14.7. The van der Waals surface area contributed by atoms with Crippen LogP contribution in [-0.2, 0) is 11.3 Å². The highest BCUT2D eigenvalue weighted by molar-refractivity contribution is 5.86. The number of morpholine rings is 1. The fourth-order valence-electron chi connectivity index (χ4n) is 2.36. The van der Waals surface area contributed by atoms with E-state index in [1.807, 2.05) is 0 Å². The van der Waals surface area contributed by atoms with Crippen LogP contribution in [0.4, 0.5) is 0 Å². The Morgan fingerprint density at radius 1 is 1.55 bits per heavy atom. The van der Waals surface area contributed by atoms with Crippen LogP contribution in [0.3, 0.4) is 0 Å². The van der Waals surface area contributed by atoms with E-state index in [2.05, 4.69) is 18.7 Å². The third-order valence-electron chi connectivity index (χ3n) is 3.52. The molecule has 1 saturated heterocycles. The van der Waals surface area contributed by atoms with Gasteiger partial charge in [0.1, 0.15) is 5.56 Å². The standard InChI is InChI=1S/C14H20N2O4/c1-10(2)16-5-6-20-11(8-16)7-15-4-3-13(17)12(9-15)14(18)19/h3-4,9-11H,5-8H2,1-2H3,(H,18,19). The van der Waals surface area contributed by atoms with Crippen LogP contribution in [0.5, 0.6) is 0 Å². The maximum atomic E-state index is 11.4. The van der Waals surface area contributed by atoms with Gasteiger partial charge < -0.3 is 14.4 Å². The summed E-state index contributed by atoms with van der Waals surface area (Å²) in [7, 11) is 0. The first-order chi connectivity index (χ1) is 9.47. The molecule has 2 heterocycles. The van der Waals surface area contributed by atoms with Crippen molar-refractivity contribution in [1.29, 1.82) is 0 Å². The average molecular weight is 280 g/mol. The van der Waals surface area contributed by atoms with Gasteiger partial charge in [-0.15, -0.1) is 0 Å². The highest BCUT2D eigenvalue weighted by Crippen LogP contribution is 2.10. The van der Waals surface area contributed by atoms with E-state index in [1.165, 1.54) is 12.3 Å². The lowest BCUT2D eigenvalue weighted by molar-refractivity contribution is -0.0456. The first-order valence-corrected chi connectivity index (χ1v) is 6.76. The number of pyridine rings is 1. The molecule has 6 heteroatoms. The molecule has 0 amide bonds. The van der Waals surface area contributed by atoms with Crippen molar-refractivity contribution >= 4 is 5.97 Å². The lowest BCUT2D eigenvalue weighted by Crippen LogP contribution is -2.47. The van der Waals surface area contributed by atoms with E-state index in [1.54, 1.807) is 10.8 Å². The third kappa shape index (κ3) is 3.46. The number of ether oxygens (including phenoxy) is 1. The molecule has 0 saturated carbocycles. The highest BCUT2D eigenvalue weighted by Gasteiger charge is 2.22. The van der Waals surface area contributed by atoms with E-state index < -0.39 is 11.4 Å². The van der Waals surface area contributed by atoms with E-state index in [4.69, 9.17) is 9.84 Å². The van der Waals surface area contributed by atoms with E-state index in [-0.39, 0.29) is 11.7 Å². The van der Waals surface area contributed by atoms with E-state index in [0.29, 0.717) is 19.2 Å². The number of aromatic carboxylic acids is 1. The summed E-state index contributed by atoms with van der Waals surface area (Å²) >= 11 is 0. The molecule has 1 aromatic rings. The third-order valence-corrected chi connectivity index (χ3v) is 3.52. The van der Waals surface area contributed by atoms with Crippen LogP contribution in [0.1, 0.15) is 24.2 Å². The summed E-state index contributed by atoms with van der Waals surface area (Å²) in [6.07, 6.45) is 2.99. The molecule has 0 radical (unpaired) electrons. The van der Waals surface area contributed by atoms with Crippen molar-refractivity contribution in [3.8, 4) is 0 Å². The molecule has 2 rings (SSSR count). The molecule has 1 aliphatic rings. The van der Waals surface area contributed by atoms with Gasteiger partial charge in [-0.05, 0) is 13.8 Å². The van der Waals surface area contributed by atoms with E-state index in [9.17, 15) is 9.59 Å². The quantitative estimate of drug-likeness (QED) is 0.877.